The second-order valence-corrected chi connectivity index (χ2v) is 13.8. The number of benzene rings is 6. The highest BCUT2D eigenvalue weighted by molar-refractivity contribution is 6.26. The minimum atomic E-state index is -1.82. The third-order valence-corrected chi connectivity index (χ3v) is 10.6. The molecule has 0 bridgehead atoms. The van der Waals surface area contributed by atoms with Crippen LogP contribution in [0.4, 0.5) is 0 Å². The number of carbonyl (C=O) groups excluding carboxylic acids is 5. The monoisotopic (exact) mass is 675 g/mol. The van der Waals surface area contributed by atoms with Gasteiger partial charge in [0.1, 0.15) is 6.54 Å². The summed E-state index contributed by atoms with van der Waals surface area (Å²) in [4.78, 5) is 72.8. The van der Waals surface area contributed by atoms with Crippen LogP contribution in [0.1, 0.15) is 57.4 Å². The van der Waals surface area contributed by atoms with E-state index in [4.69, 9.17) is 0 Å². The number of aliphatic hydroxyl groups is 1. The predicted molar refractivity (Wildman–Crippen MR) is 189 cm³/mol. The number of hydroxylamine groups is 3. The normalized spacial score (nSPS) is 18.4. The molecule has 6 aromatic carbocycles. The van der Waals surface area contributed by atoms with Gasteiger partial charge in [-0.2, -0.15) is 0 Å². The lowest BCUT2D eigenvalue weighted by Gasteiger charge is -2.50. The largest absolute Gasteiger partial charge is 0.625 e. The topological polar surface area (TPSA) is 135 Å². The first kappa shape index (κ1) is 30.9. The van der Waals surface area contributed by atoms with Crippen LogP contribution in [0.15, 0.2) is 109 Å². The van der Waals surface area contributed by atoms with Gasteiger partial charge < -0.3 is 10.3 Å². The fourth-order valence-electron chi connectivity index (χ4n) is 8.38. The van der Waals surface area contributed by atoms with Gasteiger partial charge in [0, 0.05) is 57.1 Å². The Morgan fingerprint density at radius 3 is 1.33 bits per heavy atom. The number of quaternary nitrogens is 1. The molecule has 51 heavy (non-hydrogen) atoms. The van der Waals surface area contributed by atoms with Gasteiger partial charge in [0.05, 0.1) is 24.1 Å². The van der Waals surface area contributed by atoms with Crippen LogP contribution in [-0.4, -0.2) is 75.3 Å². The maximum Gasteiger partial charge on any atom is 0.346 e. The van der Waals surface area contributed by atoms with Crippen LogP contribution < -0.4 is 0 Å². The third-order valence-electron chi connectivity index (χ3n) is 10.6. The molecule has 0 aliphatic carbocycles. The Balaban J connectivity index is 1.17. The van der Waals surface area contributed by atoms with E-state index in [-0.39, 0.29) is 34.4 Å². The maximum absolute atomic E-state index is 15.0. The van der Waals surface area contributed by atoms with Gasteiger partial charge >= 0.3 is 5.91 Å². The molecule has 0 saturated heterocycles. The van der Waals surface area contributed by atoms with Gasteiger partial charge in [-0.05, 0) is 46.5 Å². The summed E-state index contributed by atoms with van der Waals surface area (Å²) in [5.74, 6) is -3.34. The van der Waals surface area contributed by atoms with E-state index in [1.807, 2.05) is 12.1 Å². The number of nitrogens with zero attached hydrogens (tertiary/aromatic N) is 3. The highest BCUT2D eigenvalue weighted by Crippen LogP contribution is 2.40. The van der Waals surface area contributed by atoms with E-state index in [0.29, 0.717) is 32.5 Å². The summed E-state index contributed by atoms with van der Waals surface area (Å²) >= 11 is 0. The summed E-state index contributed by atoms with van der Waals surface area (Å²) in [7, 11) is 0. The van der Waals surface area contributed by atoms with Crippen molar-refractivity contribution in [3.8, 4) is 0 Å². The molecule has 5 amide bonds. The van der Waals surface area contributed by atoms with Gasteiger partial charge in [-0.15, -0.1) is 0 Å². The quantitative estimate of drug-likeness (QED) is 0.131. The molecule has 6 aromatic rings. The Labute approximate surface area is 290 Å². The maximum atomic E-state index is 15.0. The molecule has 10 nitrogen and oxygen atoms in total. The molecule has 1 unspecified atom stereocenters. The third kappa shape index (κ3) is 4.44. The van der Waals surface area contributed by atoms with Crippen LogP contribution in [0.3, 0.4) is 0 Å². The molecule has 3 aliphatic heterocycles. The summed E-state index contributed by atoms with van der Waals surface area (Å²) in [6, 6.07) is 31.0. The van der Waals surface area contributed by atoms with Crippen LogP contribution in [0, 0.1) is 10.6 Å². The second-order valence-electron chi connectivity index (χ2n) is 13.8. The highest BCUT2D eigenvalue weighted by atomic mass is 16.6. The Hall–Kier alpha value is -6.07. The molecule has 250 valence electrons. The van der Waals surface area contributed by atoms with Crippen molar-refractivity contribution >= 4 is 61.9 Å². The first-order valence-electron chi connectivity index (χ1n) is 16.6. The number of hydrogen-bond donors (Lipinski definition) is 1. The summed E-state index contributed by atoms with van der Waals surface area (Å²) < 4.78 is -1.47. The average Bonchev–Trinajstić information content (AvgIpc) is 3.15. The number of amides is 5. The standard InChI is InChI=1S/C41H29N3O7/c45-23-41(20-42-36(46)28-14-2-9-25-10-3-15-29(34(25)28)37(42)47,21-43-38(48)30-16-4-11-26-12-5-17-31(35(26)30)39(43)49)22-44(51)19-27-13-1-7-24-8-6-18-32(33(24)27)40(44)50/h1-18,45H,19-23H2. The van der Waals surface area contributed by atoms with E-state index < -0.39 is 65.8 Å². The highest BCUT2D eigenvalue weighted by Gasteiger charge is 2.50. The lowest BCUT2D eigenvalue weighted by atomic mass is 9.82. The predicted octanol–water partition coefficient (Wildman–Crippen LogP) is 5.69. The van der Waals surface area contributed by atoms with Crippen LogP contribution >= 0.6 is 0 Å². The molecule has 9 rings (SSSR count). The Bertz CT molecular complexity index is 2350. The van der Waals surface area contributed by atoms with E-state index in [9.17, 15) is 29.1 Å². The number of carbonyl (C=O) groups is 5. The van der Waals surface area contributed by atoms with Gasteiger partial charge in [-0.1, -0.05) is 78.9 Å². The average molecular weight is 676 g/mol. The van der Waals surface area contributed by atoms with Crippen molar-refractivity contribution in [2.45, 2.75) is 6.54 Å². The van der Waals surface area contributed by atoms with Crippen molar-refractivity contribution in [2.24, 2.45) is 5.41 Å². The molecule has 10 heteroatoms. The van der Waals surface area contributed by atoms with Gasteiger partial charge in [0.15, 0.2) is 0 Å². The van der Waals surface area contributed by atoms with E-state index >= 15 is 5.21 Å². The smallest absolute Gasteiger partial charge is 0.346 e. The van der Waals surface area contributed by atoms with Gasteiger partial charge in [-0.3, -0.25) is 33.6 Å². The Kier molecular flexibility index (Phi) is 6.65. The minimum Gasteiger partial charge on any atom is -0.625 e. The second kappa shape index (κ2) is 11.0. The molecule has 1 atom stereocenters. The molecule has 0 saturated carbocycles. The lowest BCUT2D eigenvalue weighted by Crippen LogP contribution is -2.63. The van der Waals surface area contributed by atoms with E-state index in [1.54, 1.807) is 97.1 Å². The van der Waals surface area contributed by atoms with Crippen molar-refractivity contribution in [1.82, 2.24) is 9.80 Å². The zero-order valence-electron chi connectivity index (χ0n) is 27.2. The molecular formula is C41H29N3O7. The summed E-state index contributed by atoms with van der Waals surface area (Å²) in [5, 5.41) is 30.3. The van der Waals surface area contributed by atoms with Crippen molar-refractivity contribution in [3.05, 3.63) is 148 Å². The number of aliphatic hydroxyl groups excluding tert-OH is 1. The van der Waals surface area contributed by atoms with Gasteiger partial charge in [0.2, 0.25) is 0 Å². The lowest BCUT2D eigenvalue weighted by molar-refractivity contribution is -0.820. The molecule has 0 spiro atoms. The van der Waals surface area contributed by atoms with Crippen LogP contribution in [0.2, 0.25) is 0 Å². The van der Waals surface area contributed by atoms with E-state index in [1.165, 1.54) is 0 Å². The molecule has 0 aromatic heterocycles. The fraction of sp³-hybridized carbons (Fsp3) is 0.146. The molecule has 0 fully saturated rings. The Morgan fingerprint density at radius 1 is 0.549 bits per heavy atom. The molecule has 3 aliphatic rings. The van der Waals surface area contributed by atoms with Crippen LogP contribution in [0.5, 0.6) is 0 Å². The first-order chi connectivity index (χ1) is 24.6. The molecule has 0 radical (unpaired) electrons. The summed E-state index contributed by atoms with van der Waals surface area (Å²) in [5.41, 5.74) is 0.0756. The summed E-state index contributed by atoms with van der Waals surface area (Å²) in [6.07, 6.45) is 0. The summed E-state index contributed by atoms with van der Waals surface area (Å²) in [6.45, 7) is -2.85. The van der Waals surface area contributed by atoms with Crippen LogP contribution in [0.25, 0.3) is 32.3 Å². The van der Waals surface area contributed by atoms with E-state index in [2.05, 4.69) is 0 Å². The molecule has 3 heterocycles. The fourth-order valence-corrected chi connectivity index (χ4v) is 8.38. The SMILES string of the molecule is O=C1c2cccc3cccc(c23)C(=O)N1CC(CO)(CN1C(=O)c2cccc3cccc(c23)C1=O)C[N+]1([O-])Cc2cccc3cccc(c23)C1=O. The van der Waals surface area contributed by atoms with Gasteiger partial charge in [0.25, 0.3) is 23.6 Å². The number of imide groups is 2. The van der Waals surface area contributed by atoms with E-state index in [0.717, 1.165) is 15.2 Å². The molecule has 1 N–H and O–H groups in total. The van der Waals surface area contributed by atoms with Crippen molar-refractivity contribution < 1.29 is 33.7 Å². The van der Waals surface area contributed by atoms with Crippen molar-refractivity contribution in [3.63, 3.8) is 0 Å². The zero-order chi connectivity index (χ0) is 35.2. The first-order valence-corrected chi connectivity index (χ1v) is 16.6. The van der Waals surface area contributed by atoms with Crippen molar-refractivity contribution in [1.29, 1.82) is 0 Å². The Morgan fingerprint density at radius 2 is 0.922 bits per heavy atom. The van der Waals surface area contributed by atoms with Crippen molar-refractivity contribution in [2.75, 3.05) is 26.2 Å². The number of hydrogen-bond acceptors (Lipinski definition) is 7. The molecular weight excluding hydrogens is 646 g/mol. The van der Waals surface area contributed by atoms with Crippen LogP contribution in [-0.2, 0) is 6.54 Å². The minimum absolute atomic E-state index is 0.215. The number of rotatable bonds is 7. The zero-order valence-corrected chi connectivity index (χ0v) is 27.2. The van der Waals surface area contributed by atoms with Gasteiger partial charge in [-0.25, -0.2) is 4.79 Å².